The van der Waals surface area contributed by atoms with Crippen LogP contribution >= 0.6 is 11.6 Å². The SMILES string of the molecule is CN(c1ccc(CNC(=O)C=Cc2ccc(C(C)(C)C)nc2)cc1Cl)S(=O)[O-]. The summed E-state index contributed by atoms with van der Waals surface area (Å²) in [6.45, 7) is 6.55. The van der Waals surface area contributed by atoms with Gasteiger partial charge in [0.15, 0.2) is 0 Å². The van der Waals surface area contributed by atoms with Crippen molar-refractivity contribution in [3.05, 3.63) is 64.4 Å². The molecule has 0 aliphatic carbocycles. The number of aromatic nitrogens is 1. The second-order valence-electron chi connectivity index (χ2n) is 7.28. The van der Waals surface area contributed by atoms with Crippen LogP contribution in [0.3, 0.4) is 0 Å². The molecule has 2 rings (SSSR count). The zero-order valence-electron chi connectivity index (χ0n) is 16.2. The van der Waals surface area contributed by atoms with Crippen molar-refractivity contribution >= 4 is 40.5 Å². The lowest BCUT2D eigenvalue weighted by Crippen LogP contribution is -2.21. The Bertz CT molecular complexity index is 893. The molecule has 1 aromatic heterocycles. The van der Waals surface area contributed by atoms with Gasteiger partial charge in [-0.05, 0) is 35.4 Å². The molecule has 1 amide bonds. The molecule has 0 fully saturated rings. The fourth-order valence-electron chi connectivity index (χ4n) is 2.36. The number of anilines is 1. The van der Waals surface area contributed by atoms with Crippen LogP contribution < -0.4 is 9.62 Å². The topological polar surface area (TPSA) is 85.4 Å². The van der Waals surface area contributed by atoms with Crippen molar-refractivity contribution in [2.45, 2.75) is 32.7 Å². The summed E-state index contributed by atoms with van der Waals surface area (Å²) in [6.07, 6.45) is 4.88. The van der Waals surface area contributed by atoms with Crippen molar-refractivity contribution in [1.82, 2.24) is 10.3 Å². The molecule has 6 nitrogen and oxygen atoms in total. The molecule has 1 atom stereocenters. The highest BCUT2D eigenvalue weighted by atomic mass is 35.5. The predicted octanol–water partition coefficient (Wildman–Crippen LogP) is 3.59. The number of halogens is 1. The van der Waals surface area contributed by atoms with Crippen molar-refractivity contribution in [2.75, 3.05) is 11.4 Å². The molecule has 0 aliphatic rings. The van der Waals surface area contributed by atoms with Crippen LogP contribution in [0.15, 0.2) is 42.6 Å². The fourth-order valence-corrected chi connectivity index (χ4v) is 3.06. The Hall–Kier alpha value is -2.22. The molecule has 2 aromatic rings. The minimum absolute atomic E-state index is 0.0199. The molecule has 1 unspecified atom stereocenters. The number of rotatable bonds is 6. The van der Waals surface area contributed by atoms with Crippen molar-refractivity contribution in [3.63, 3.8) is 0 Å². The molecule has 0 radical (unpaired) electrons. The van der Waals surface area contributed by atoms with E-state index in [0.717, 1.165) is 21.1 Å². The number of hydrogen-bond acceptors (Lipinski definition) is 4. The maximum absolute atomic E-state index is 12.0. The Balaban J connectivity index is 1.94. The van der Waals surface area contributed by atoms with Crippen LogP contribution in [0.2, 0.25) is 5.02 Å². The van der Waals surface area contributed by atoms with Gasteiger partial charge in [-0.1, -0.05) is 44.5 Å². The van der Waals surface area contributed by atoms with E-state index in [4.69, 9.17) is 11.6 Å². The second-order valence-corrected chi connectivity index (χ2v) is 8.67. The van der Waals surface area contributed by atoms with Gasteiger partial charge in [0.05, 0.1) is 10.7 Å². The summed E-state index contributed by atoms with van der Waals surface area (Å²) in [5.41, 5.74) is 2.94. The van der Waals surface area contributed by atoms with Crippen LogP contribution in [0.1, 0.15) is 37.6 Å². The van der Waals surface area contributed by atoms with E-state index in [9.17, 15) is 13.6 Å². The molecule has 0 bridgehead atoms. The maximum Gasteiger partial charge on any atom is 0.244 e. The third-order valence-corrected chi connectivity index (χ3v) is 4.97. The first kappa shape index (κ1) is 22.1. The van der Waals surface area contributed by atoms with Crippen molar-refractivity contribution < 1.29 is 13.6 Å². The van der Waals surface area contributed by atoms with E-state index in [2.05, 4.69) is 31.1 Å². The average Bonchev–Trinajstić information content (AvgIpc) is 2.63. The van der Waals surface area contributed by atoms with Crippen LogP contribution in [0.25, 0.3) is 6.08 Å². The molecular weight excluding hydrogens is 398 g/mol. The highest BCUT2D eigenvalue weighted by Crippen LogP contribution is 2.26. The molecule has 0 saturated carbocycles. The number of pyridine rings is 1. The number of nitrogens with one attached hydrogen (secondary N) is 1. The van der Waals surface area contributed by atoms with Gasteiger partial charge in [0, 0.05) is 48.2 Å². The smallest absolute Gasteiger partial charge is 0.244 e. The van der Waals surface area contributed by atoms with E-state index in [1.165, 1.54) is 13.1 Å². The fraction of sp³-hybridized carbons (Fsp3) is 0.300. The Kier molecular flexibility index (Phi) is 7.35. The van der Waals surface area contributed by atoms with Gasteiger partial charge in [0.25, 0.3) is 0 Å². The Labute approximate surface area is 173 Å². The van der Waals surface area contributed by atoms with Crippen LogP contribution in [0, 0.1) is 0 Å². The van der Waals surface area contributed by atoms with E-state index in [-0.39, 0.29) is 17.9 Å². The summed E-state index contributed by atoms with van der Waals surface area (Å²) in [6, 6.07) is 8.81. The zero-order valence-corrected chi connectivity index (χ0v) is 17.8. The standard InChI is InChI=1S/C20H24ClN3O3S/c1-20(2,3)18-9-6-14(12-22-18)7-10-19(25)23-13-15-5-8-17(16(21)11-15)24(4)28(26)27/h5-12H,13H2,1-4H3,(H,23,25)(H,26,27)/p-1. The van der Waals surface area contributed by atoms with Crippen molar-refractivity contribution in [2.24, 2.45) is 0 Å². The average molecular weight is 421 g/mol. The molecule has 28 heavy (non-hydrogen) atoms. The number of carbonyl (C=O) groups excluding carboxylic acids is 1. The molecule has 0 aliphatic heterocycles. The van der Waals surface area contributed by atoms with Crippen molar-refractivity contribution in [3.8, 4) is 0 Å². The van der Waals surface area contributed by atoms with Gasteiger partial charge >= 0.3 is 0 Å². The van der Waals surface area contributed by atoms with Crippen LogP contribution in [-0.2, 0) is 28.0 Å². The third-order valence-electron chi connectivity index (χ3n) is 4.02. The summed E-state index contributed by atoms with van der Waals surface area (Å²) in [5, 5.41) is 3.05. The lowest BCUT2D eigenvalue weighted by atomic mass is 9.91. The summed E-state index contributed by atoms with van der Waals surface area (Å²) >= 11 is 3.72. The lowest BCUT2D eigenvalue weighted by Gasteiger charge is -2.22. The molecule has 0 saturated heterocycles. The summed E-state index contributed by atoms with van der Waals surface area (Å²) < 4.78 is 23.0. The second kappa shape index (κ2) is 9.32. The number of benzene rings is 1. The summed E-state index contributed by atoms with van der Waals surface area (Å²) in [5.74, 6) is -0.252. The third kappa shape index (κ3) is 6.15. The quantitative estimate of drug-likeness (QED) is 0.571. The molecule has 1 N–H and O–H groups in total. The number of amides is 1. The van der Waals surface area contributed by atoms with E-state index in [0.29, 0.717) is 10.7 Å². The molecule has 1 heterocycles. The minimum Gasteiger partial charge on any atom is -0.755 e. The van der Waals surface area contributed by atoms with E-state index in [1.807, 2.05) is 12.1 Å². The monoisotopic (exact) mass is 420 g/mol. The van der Waals surface area contributed by atoms with Gasteiger partial charge in [0.2, 0.25) is 5.91 Å². The number of carbonyl (C=O) groups is 1. The molecular formula is C20H23ClN3O3S-. The van der Waals surface area contributed by atoms with Gasteiger partial charge in [-0.25, -0.2) is 0 Å². The van der Waals surface area contributed by atoms with Gasteiger partial charge in [-0.15, -0.1) is 0 Å². The summed E-state index contributed by atoms with van der Waals surface area (Å²) in [7, 11) is 1.40. The van der Waals surface area contributed by atoms with Crippen molar-refractivity contribution in [1.29, 1.82) is 0 Å². The van der Waals surface area contributed by atoms with Gasteiger partial charge in [-0.3, -0.25) is 14.0 Å². The Morgan fingerprint density at radius 2 is 2.04 bits per heavy atom. The largest absolute Gasteiger partial charge is 0.755 e. The lowest BCUT2D eigenvalue weighted by molar-refractivity contribution is -0.116. The van der Waals surface area contributed by atoms with E-state index in [1.54, 1.807) is 30.5 Å². The highest BCUT2D eigenvalue weighted by molar-refractivity contribution is 7.80. The van der Waals surface area contributed by atoms with Gasteiger partial charge < -0.3 is 14.2 Å². The Morgan fingerprint density at radius 3 is 2.57 bits per heavy atom. The van der Waals surface area contributed by atoms with Gasteiger partial charge in [-0.2, -0.15) is 0 Å². The zero-order chi connectivity index (χ0) is 20.9. The van der Waals surface area contributed by atoms with Gasteiger partial charge in [0.1, 0.15) is 0 Å². The van der Waals surface area contributed by atoms with Crippen LogP contribution in [0.5, 0.6) is 0 Å². The van der Waals surface area contributed by atoms with Crippen LogP contribution in [0.4, 0.5) is 5.69 Å². The highest BCUT2D eigenvalue weighted by Gasteiger charge is 2.14. The first-order valence-electron chi connectivity index (χ1n) is 8.62. The van der Waals surface area contributed by atoms with E-state index < -0.39 is 11.3 Å². The van der Waals surface area contributed by atoms with Crippen LogP contribution in [-0.4, -0.2) is 26.7 Å². The molecule has 0 spiro atoms. The first-order valence-corrected chi connectivity index (χ1v) is 10.0. The normalized spacial score (nSPS) is 12.8. The van der Waals surface area contributed by atoms with E-state index >= 15 is 0 Å². The first-order chi connectivity index (χ1) is 13.1. The Morgan fingerprint density at radius 1 is 1.32 bits per heavy atom. The number of nitrogens with zero attached hydrogens (tertiary/aromatic N) is 2. The minimum atomic E-state index is -2.40. The molecule has 8 heteroatoms. The molecule has 1 aromatic carbocycles. The summed E-state index contributed by atoms with van der Waals surface area (Å²) in [4.78, 5) is 16.4. The number of hydrogen-bond donors (Lipinski definition) is 1. The molecule has 150 valence electrons. The maximum atomic E-state index is 12.0. The predicted molar refractivity (Wildman–Crippen MR) is 113 cm³/mol.